The van der Waals surface area contributed by atoms with E-state index in [-0.39, 0.29) is 31.4 Å². The summed E-state index contributed by atoms with van der Waals surface area (Å²) in [5, 5.41) is 24.7. The molecule has 0 bridgehead atoms. The summed E-state index contributed by atoms with van der Waals surface area (Å²) in [7, 11) is -3.87. The third kappa shape index (κ3) is 4.63. The summed E-state index contributed by atoms with van der Waals surface area (Å²) in [6.45, 7) is 0. The lowest BCUT2D eigenvalue weighted by Gasteiger charge is -2.03. The maximum Gasteiger partial charge on any atom is 0.288 e. The topological polar surface area (TPSA) is 164 Å². The number of benzene rings is 2. The first-order valence-corrected chi connectivity index (χ1v) is 12.3. The molecule has 0 aliphatic rings. The minimum Gasteiger partial charge on any atom is -0.267 e. The zero-order valence-electron chi connectivity index (χ0n) is 15.7. The van der Waals surface area contributed by atoms with Gasteiger partial charge in [-0.3, -0.25) is 14.9 Å². The number of sulfonamides is 1. The molecule has 0 spiro atoms. The molecule has 0 atom stereocenters. The van der Waals surface area contributed by atoms with Crippen molar-refractivity contribution >= 4 is 60.5 Å². The van der Waals surface area contributed by atoms with Gasteiger partial charge in [-0.2, -0.15) is 4.98 Å². The van der Waals surface area contributed by atoms with Crippen LogP contribution in [-0.4, -0.2) is 33.3 Å². The van der Waals surface area contributed by atoms with Gasteiger partial charge in [-0.15, -0.1) is 16.4 Å². The summed E-state index contributed by atoms with van der Waals surface area (Å²) >= 11 is 8.05. The van der Waals surface area contributed by atoms with Gasteiger partial charge in [-0.25, -0.2) is 18.2 Å². The van der Waals surface area contributed by atoms with Crippen molar-refractivity contribution in [3.63, 3.8) is 0 Å². The molecular weight excluding hydrogens is 500 g/mol. The Balaban J connectivity index is 1.60. The van der Waals surface area contributed by atoms with Crippen LogP contribution in [0.3, 0.4) is 0 Å². The van der Waals surface area contributed by atoms with Gasteiger partial charge in [-0.05, 0) is 24.3 Å². The zero-order valence-corrected chi connectivity index (χ0v) is 18.9. The van der Waals surface area contributed by atoms with Crippen LogP contribution in [0.4, 0.5) is 5.69 Å². The van der Waals surface area contributed by atoms with Gasteiger partial charge >= 0.3 is 0 Å². The summed E-state index contributed by atoms with van der Waals surface area (Å²) in [5.74, 6) is 0.269. The third-order valence-corrected chi connectivity index (χ3v) is 7.55. The number of nitro groups is 1. The molecule has 2 aromatic heterocycles. The fourth-order valence-electron chi connectivity index (χ4n) is 2.73. The number of thioether (sulfide) groups is 1. The number of hydrogen-bond acceptors (Lipinski definition) is 10. The van der Waals surface area contributed by atoms with Crippen LogP contribution in [0.15, 0.2) is 56.6 Å². The second kappa shape index (κ2) is 8.55. The number of fused-ring (bicyclic) bond motifs is 1. The SMILES string of the molecule is NS(=O)(=O)c1cccc(-n2cc(CSc3nc(=O)c4cc(Cl)cc([N+](=O)[O-])c4s3)nn2)c1. The molecule has 0 unspecified atom stereocenters. The number of rotatable bonds is 6. The van der Waals surface area contributed by atoms with Gasteiger partial charge in [0.2, 0.25) is 10.0 Å². The van der Waals surface area contributed by atoms with Gasteiger partial charge in [-0.1, -0.05) is 34.6 Å². The third-order valence-electron chi connectivity index (χ3n) is 4.14. The van der Waals surface area contributed by atoms with E-state index in [1.807, 2.05) is 0 Å². The quantitative estimate of drug-likeness (QED) is 0.233. The molecule has 0 amide bonds. The van der Waals surface area contributed by atoms with Crippen LogP contribution < -0.4 is 10.7 Å². The fourth-order valence-corrected chi connectivity index (χ4v) is 5.50. The average Bonchev–Trinajstić information content (AvgIpc) is 3.21. The van der Waals surface area contributed by atoms with Crippen molar-refractivity contribution in [3.8, 4) is 5.69 Å². The summed E-state index contributed by atoms with van der Waals surface area (Å²) < 4.78 is 25.0. The Morgan fingerprint density at radius 1 is 1.28 bits per heavy atom. The Kier molecular flexibility index (Phi) is 5.96. The molecule has 0 aliphatic heterocycles. The van der Waals surface area contributed by atoms with E-state index in [4.69, 9.17) is 16.7 Å². The van der Waals surface area contributed by atoms with Crippen LogP contribution >= 0.6 is 34.7 Å². The van der Waals surface area contributed by atoms with Crippen molar-refractivity contribution in [2.45, 2.75) is 15.0 Å². The summed E-state index contributed by atoms with van der Waals surface area (Å²) in [5.41, 5.74) is 0.0827. The number of primary sulfonamides is 1. The number of hydrogen-bond donors (Lipinski definition) is 1. The number of halogens is 1. The summed E-state index contributed by atoms with van der Waals surface area (Å²) in [6.07, 6.45) is 1.58. The lowest BCUT2D eigenvalue weighted by molar-refractivity contribution is -0.382. The molecule has 4 rings (SSSR count). The predicted octanol–water partition coefficient (Wildman–Crippen LogP) is 2.74. The smallest absolute Gasteiger partial charge is 0.267 e. The first kappa shape index (κ1) is 22.3. The van der Waals surface area contributed by atoms with Crippen molar-refractivity contribution in [3.05, 3.63) is 73.8 Å². The van der Waals surface area contributed by atoms with Crippen LogP contribution in [0.25, 0.3) is 15.8 Å². The van der Waals surface area contributed by atoms with E-state index in [1.165, 1.54) is 35.0 Å². The van der Waals surface area contributed by atoms with Crippen molar-refractivity contribution in [1.82, 2.24) is 20.0 Å². The number of non-ortho nitro benzene ring substituents is 1. The van der Waals surface area contributed by atoms with Crippen LogP contribution in [0.5, 0.6) is 0 Å². The molecule has 2 N–H and O–H groups in total. The Morgan fingerprint density at radius 3 is 2.78 bits per heavy atom. The van der Waals surface area contributed by atoms with Crippen molar-refractivity contribution in [1.29, 1.82) is 0 Å². The van der Waals surface area contributed by atoms with Crippen LogP contribution in [0.1, 0.15) is 5.69 Å². The number of nitro benzene ring substituents is 1. The first-order chi connectivity index (χ1) is 15.1. The largest absolute Gasteiger partial charge is 0.288 e. The maximum atomic E-state index is 12.3. The second-order valence-electron chi connectivity index (χ2n) is 6.33. The highest BCUT2D eigenvalue weighted by Crippen LogP contribution is 2.35. The van der Waals surface area contributed by atoms with Gasteiger partial charge < -0.3 is 0 Å². The fraction of sp³-hybridized carbons (Fsp3) is 0.0588. The van der Waals surface area contributed by atoms with Gasteiger partial charge in [0.15, 0.2) is 4.34 Å². The van der Waals surface area contributed by atoms with Gasteiger partial charge in [0, 0.05) is 16.8 Å². The van der Waals surface area contributed by atoms with E-state index >= 15 is 0 Å². The molecule has 0 saturated carbocycles. The molecule has 4 aromatic rings. The maximum absolute atomic E-state index is 12.3. The average molecular weight is 511 g/mol. The van der Waals surface area contributed by atoms with E-state index in [9.17, 15) is 23.3 Å². The minimum atomic E-state index is -3.87. The summed E-state index contributed by atoms with van der Waals surface area (Å²) in [6, 6.07) is 8.44. The number of nitrogens with zero attached hydrogens (tertiary/aromatic N) is 5. The second-order valence-corrected chi connectivity index (χ2v) is 10.5. The van der Waals surface area contributed by atoms with E-state index in [0.717, 1.165) is 23.1 Å². The number of aromatic nitrogens is 4. The van der Waals surface area contributed by atoms with E-state index in [2.05, 4.69) is 15.3 Å². The van der Waals surface area contributed by atoms with Crippen LogP contribution in [0, 0.1) is 10.1 Å². The first-order valence-electron chi connectivity index (χ1n) is 8.58. The summed E-state index contributed by atoms with van der Waals surface area (Å²) in [4.78, 5) is 27.0. The lowest BCUT2D eigenvalue weighted by atomic mass is 10.2. The molecule has 0 radical (unpaired) electrons. The van der Waals surface area contributed by atoms with E-state index < -0.39 is 20.5 Å². The number of nitrogens with two attached hydrogens (primary N) is 1. The van der Waals surface area contributed by atoms with Gasteiger partial charge in [0.05, 0.1) is 32.8 Å². The minimum absolute atomic E-state index is 0.0618. The Bertz CT molecular complexity index is 1540. The van der Waals surface area contributed by atoms with Crippen molar-refractivity contribution < 1.29 is 13.3 Å². The van der Waals surface area contributed by atoms with Gasteiger partial charge in [0.1, 0.15) is 4.70 Å². The van der Waals surface area contributed by atoms with Crippen molar-refractivity contribution in [2.75, 3.05) is 0 Å². The lowest BCUT2D eigenvalue weighted by Crippen LogP contribution is -2.12. The molecule has 164 valence electrons. The standard InChI is InChI=1S/C17H11ClN6O5S3/c18-9-4-13-15(14(5-9)24(26)27)31-17(20-16(13)25)30-8-10-7-23(22-21-10)11-2-1-3-12(6-11)32(19,28)29/h1-7H,8H2,(H2,19,28,29). The Labute approximate surface area is 193 Å². The molecule has 0 fully saturated rings. The highest BCUT2D eigenvalue weighted by atomic mass is 35.5. The van der Waals surface area contributed by atoms with E-state index in [1.54, 1.807) is 12.3 Å². The highest BCUT2D eigenvalue weighted by molar-refractivity contribution is 8.00. The molecule has 2 heterocycles. The Morgan fingerprint density at radius 2 is 2.06 bits per heavy atom. The van der Waals surface area contributed by atoms with Crippen molar-refractivity contribution in [2.24, 2.45) is 5.14 Å². The molecule has 2 aromatic carbocycles. The zero-order chi connectivity index (χ0) is 23.0. The molecule has 11 nitrogen and oxygen atoms in total. The molecule has 32 heavy (non-hydrogen) atoms. The Hall–Kier alpha value is -2.91. The highest BCUT2D eigenvalue weighted by Gasteiger charge is 2.18. The van der Waals surface area contributed by atoms with Gasteiger partial charge in [0.25, 0.3) is 11.2 Å². The molecule has 15 heteroatoms. The molecule has 0 saturated heterocycles. The molecular formula is C17H11ClN6O5S3. The predicted molar refractivity (Wildman–Crippen MR) is 120 cm³/mol. The van der Waals surface area contributed by atoms with Crippen LogP contribution in [0.2, 0.25) is 5.02 Å². The normalized spacial score (nSPS) is 11.7. The van der Waals surface area contributed by atoms with E-state index in [0.29, 0.717) is 15.7 Å². The monoisotopic (exact) mass is 510 g/mol. The molecule has 0 aliphatic carbocycles. The van der Waals surface area contributed by atoms with Crippen LogP contribution in [-0.2, 0) is 15.8 Å².